The molecule has 0 aliphatic heterocycles. The highest BCUT2D eigenvalue weighted by atomic mass is 32.2. The van der Waals surface area contributed by atoms with Gasteiger partial charge in [0, 0.05) is 10.6 Å². The van der Waals surface area contributed by atoms with Crippen molar-refractivity contribution in [3.63, 3.8) is 0 Å². The molecule has 128 valence electrons. The van der Waals surface area contributed by atoms with Crippen molar-refractivity contribution in [3.05, 3.63) is 59.7 Å². The first-order chi connectivity index (χ1) is 11.5. The van der Waals surface area contributed by atoms with Gasteiger partial charge in [-0.1, -0.05) is 44.2 Å². The van der Waals surface area contributed by atoms with Gasteiger partial charge in [-0.3, -0.25) is 0 Å². The molecule has 0 radical (unpaired) electrons. The molecule has 0 bridgehead atoms. The van der Waals surface area contributed by atoms with E-state index in [-0.39, 0.29) is 12.1 Å². The smallest absolute Gasteiger partial charge is 0.319 e. The lowest BCUT2D eigenvalue weighted by Gasteiger charge is -2.17. The minimum absolute atomic E-state index is 0.0419. The number of hydrogen-bond acceptors (Lipinski definition) is 2. The fourth-order valence-electron chi connectivity index (χ4n) is 2.50. The first kappa shape index (κ1) is 18.4. The number of anilines is 1. The Morgan fingerprint density at radius 1 is 1.08 bits per heavy atom. The average molecular weight is 343 g/mol. The summed E-state index contributed by atoms with van der Waals surface area (Å²) >= 11 is 1.65. The first-order valence-electron chi connectivity index (χ1n) is 8.35. The fourth-order valence-corrected chi connectivity index (χ4v) is 2.96. The van der Waals surface area contributed by atoms with Gasteiger partial charge in [0.1, 0.15) is 0 Å². The lowest BCUT2D eigenvalue weighted by atomic mass is 9.96. The number of benzene rings is 2. The van der Waals surface area contributed by atoms with Crippen LogP contribution in [0, 0.1) is 0 Å². The first-order valence-corrected chi connectivity index (χ1v) is 9.57. The lowest BCUT2D eigenvalue weighted by molar-refractivity contribution is 0.249. The Labute approximate surface area is 149 Å². The van der Waals surface area contributed by atoms with E-state index in [9.17, 15) is 4.79 Å². The van der Waals surface area contributed by atoms with E-state index in [0.717, 1.165) is 22.6 Å². The predicted molar refractivity (Wildman–Crippen MR) is 104 cm³/mol. The molecule has 0 unspecified atom stereocenters. The monoisotopic (exact) mass is 342 g/mol. The molecule has 2 amide bonds. The zero-order valence-electron chi connectivity index (χ0n) is 14.8. The predicted octanol–water partition coefficient (Wildman–Crippen LogP) is 5.80. The van der Waals surface area contributed by atoms with Gasteiger partial charge in [-0.15, -0.1) is 11.8 Å². The zero-order valence-corrected chi connectivity index (χ0v) is 15.6. The van der Waals surface area contributed by atoms with Crippen LogP contribution < -0.4 is 10.6 Å². The second kappa shape index (κ2) is 8.78. The summed E-state index contributed by atoms with van der Waals surface area (Å²) < 4.78 is 0. The van der Waals surface area contributed by atoms with Crippen LogP contribution in [0.5, 0.6) is 0 Å². The Balaban J connectivity index is 1.95. The molecule has 2 atom stereocenters. The van der Waals surface area contributed by atoms with Crippen molar-refractivity contribution in [2.75, 3.05) is 11.6 Å². The van der Waals surface area contributed by atoms with E-state index in [0.29, 0.717) is 5.92 Å². The van der Waals surface area contributed by atoms with Crippen molar-refractivity contribution in [2.45, 2.75) is 44.0 Å². The van der Waals surface area contributed by atoms with Crippen LogP contribution in [-0.4, -0.2) is 12.3 Å². The molecule has 0 saturated heterocycles. The van der Waals surface area contributed by atoms with Gasteiger partial charge in [-0.2, -0.15) is 0 Å². The molecule has 0 saturated carbocycles. The molecule has 0 aromatic heterocycles. The summed E-state index contributed by atoms with van der Waals surface area (Å²) in [5, 5.41) is 5.88. The van der Waals surface area contributed by atoms with Crippen molar-refractivity contribution in [3.8, 4) is 0 Å². The molecule has 0 aliphatic rings. The van der Waals surface area contributed by atoms with Gasteiger partial charge in [-0.25, -0.2) is 4.79 Å². The SMILES string of the molecule is CC[C@H](C)c1ccc([C@H](C)NC(=O)Nc2cccc(SC)c2)cc1. The molecule has 24 heavy (non-hydrogen) atoms. The van der Waals surface area contributed by atoms with E-state index < -0.39 is 0 Å². The van der Waals surface area contributed by atoms with Crippen LogP contribution in [0.1, 0.15) is 50.3 Å². The number of thioether (sulfide) groups is 1. The van der Waals surface area contributed by atoms with Crippen LogP contribution >= 0.6 is 11.8 Å². The Morgan fingerprint density at radius 3 is 2.38 bits per heavy atom. The molecular weight excluding hydrogens is 316 g/mol. The molecule has 4 heteroatoms. The van der Waals surface area contributed by atoms with Crippen molar-refractivity contribution >= 4 is 23.5 Å². The maximum atomic E-state index is 12.2. The Kier molecular flexibility index (Phi) is 6.73. The third-order valence-electron chi connectivity index (χ3n) is 4.29. The molecule has 0 aliphatic carbocycles. The van der Waals surface area contributed by atoms with Crippen LogP contribution in [0.2, 0.25) is 0 Å². The van der Waals surface area contributed by atoms with Gasteiger partial charge in [0.15, 0.2) is 0 Å². The highest BCUT2D eigenvalue weighted by Gasteiger charge is 2.11. The van der Waals surface area contributed by atoms with Gasteiger partial charge in [-0.05, 0) is 54.8 Å². The minimum atomic E-state index is -0.188. The maximum absolute atomic E-state index is 12.2. The Bertz CT molecular complexity index is 670. The average Bonchev–Trinajstić information content (AvgIpc) is 2.61. The van der Waals surface area contributed by atoms with E-state index in [1.54, 1.807) is 11.8 Å². The highest BCUT2D eigenvalue weighted by Crippen LogP contribution is 2.22. The number of carbonyl (C=O) groups excluding carboxylic acids is 1. The molecule has 3 nitrogen and oxygen atoms in total. The zero-order chi connectivity index (χ0) is 17.5. The Hall–Kier alpha value is -1.94. The van der Waals surface area contributed by atoms with Crippen LogP contribution in [0.25, 0.3) is 0 Å². The van der Waals surface area contributed by atoms with Crippen molar-refractivity contribution in [1.82, 2.24) is 5.32 Å². The summed E-state index contributed by atoms with van der Waals surface area (Å²) in [6.45, 7) is 6.42. The second-order valence-electron chi connectivity index (χ2n) is 6.03. The third kappa shape index (κ3) is 5.03. The number of nitrogens with one attached hydrogen (secondary N) is 2. The molecule has 2 N–H and O–H groups in total. The highest BCUT2D eigenvalue weighted by molar-refractivity contribution is 7.98. The van der Waals surface area contributed by atoms with E-state index >= 15 is 0 Å². The third-order valence-corrected chi connectivity index (χ3v) is 5.02. The van der Waals surface area contributed by atoms with Gasteiger partial charge in [0.25, 0.3) is 0 Å². The van der Waals surface area contributed by atoms with Gasteiger partial charge < -0.3 is 10.6 Å². The Morgan fingerprint density at radius 2 is 1.75 bits per heavy atom. The summed E-state index contributed by atoms with van der Waals surface area (Å²) in [6.07, 6.45) is 3.15. The van der Waals surface area contributed by atoms with Gasteiger partial charge in [0.05, 0.1) is 6.04 Å². The maximum Gasteiger partial charge on any atom is 0.319 e. The number of amides is 2. The van der Waals surface area contributed by atoms with E-state index in [1.165, 1.54) is 5.56 Å². The van der Waals surface area contributed by atoms with Crippen LogP contribution in [0.3, 0.4) is 0 Å². The molecule has 2 rings (SSSR count). The van der Waals surface area contributed by atoms with E-state index in [4.69, 9.17) is 0 Å². The largest absolute Gasteiger partial charge is 0.331 e. The lowest BCUT2D eigenvalue weighted by Crippen LogP contribution is -2.31. The second-order valence-corrected chi connectivity index (χ2v) is 6.91. The summed E-state index contributed by atoms with van der Waals surface area (Å²) in [6, 6.07) is 16.1. The summed E-state index contributed by atoms with van der Waals surface area (Å²) in [5.74, 6) is 0.564. The molecule has 0 spiro atoms. The molecule has 0 fully saturated rings. The minimum Gasteiger partial charge on any atom is -0.331 e. The van der Waals surface area contributed by atoms with Crippen molar-refractivity contribution < 1.29 is 4.79 Å². The molecular formula is C20H26N2OS. The number of carbonyl (C=O) groups is 1. The molecule has 2 aromatic rings. The van der Waals surface area contributed by atoms with Gasteiger partial charge >= 0.3 is 6.03 Å². The van der Waals surface area contributed by atoms with E-state index in [2.05, 4.69) is 48.7 Å². The summed E-state index contributed by atoms with van der Waals surface area (Å²) in [4.78, 5) is 13.3. The van der Waals surface area contributed by atoms with Crippen molar-refractivity contribution in [2.24, 2.45) is 0 Å². The van der Waals surface area contributed by atoms with Gasteiger partial charge in [0.2, 0.25) is 0 Å². The number of hydrogen-bond donors (Lipinski definition) is 2. The van der Waals surface area contributed by atoms with Crippen molar-refractivity contribution in [1.29, 1.82) is 0 Å². The van der Waals surface area contributed by atoms with Crippen LogP contribution in [-0.2, 0) is 0 Å². The molecule has 0 heterocycles. The molecule has 2 aromatic carbocycles. The number of urea groups is 1. The quantitative estimate of drug-likeness (QED) is 0.651. The summed E-state index contributed by atoms with van der Waals surface area (Å²) in [7, 11) is 0. The number of rotatable bonds is 6. The fraction of sp³-hybridized carbons (Fsp3) is 0.350. The van der Waals surface area contributed by atoms with E-state index in [1.807, 2.05) is 37.4 Å². The van der Waals surface area contributed by atoms with Crippen LogP contribution in [0.15, 0.2) is 53.4 Å². The topological polar surface area (TPSA) is 41.1 Å². The standard InChI is InChI=1S/C20H26N2OS/c1-5-14(2)16-9-11-17(12-10-16)15(3)21-20(23)22-18-7-6-8-19(13-18)24-4/h6-15H,5H2,1-4H3,(H2,21,22,23)/t14-,15-/m0/s1. The van der Waals surface area contributed by atoms with Crippen LogP contribution in [0.4, 0.5) is 10.5 Å². The normalized spacial score (nSPS) is 13.2. The summed E-state index contributed by atoms with van der Waals surface area (Å²) in [5.41, 5.74) is 3.25.